The number of likely N-dealkylation sites (N-methyl/N-ethyl adjacent to an activating group) is 1. The Morgan fingerprint density at radius 3 is 2.71 bits per heavy atom. The Hall–Kier alpha value is -2.15. The third kappa shape index (κ3) is 3.80. The number of thiocarbonyl (C=S) groups is 1. The van der Waals surface area contributed by atoms with Crippen LogP contribution in [-0.2, 0) is 4.79 Å². The van der Waals surface area contributed by atoms with Gasteiger partial charge in [-0.2, -0.15) is 0 Å². The maximum atomic E-state index is 13.6. The van der Waals surface area contributed by atoms with Crippen LogP contribution in [0.4, 0.5) is 5.69 Å². The number of benzene rings is 2. The van der Waals surface area contributed by atoms with E-state index in [2.05, 4.69) is 24.1 Å². The number of anilines is 1. The van der Waals surface area contributed by atoms with Crippen LogP contribution in [0.5, 0.6) is 0 Å². The topological polar surface area (TPSA) is 47.9 Å². The lowest BCUT2D eigenvalue weighted by Crippen LogP contribution is -2.70. The Morgan fingerprint density at radius 1 is 1.24 bits per heavy atom. The van der Waals surface area contributed by atoms with Gasteiger partial charge in [-0.25, -0.2) is 4.99 Å². The second kappa shape index (κ2) is 8.81. The van der Waals surface area contributed by atoms with Crippen molar-refractivity contribution >= 4 is 57.8 Å². The van der Waals surface area contributed by atoms with E-state index in [0.717, 1.165) is 36.1 Å². The third-order valence-electron chi connectivity index (χ3n) is 7.91. The van der Waals surface area contributed by atoms with Crippen LogP contribution in [-0.4, -0.2) is 46.9 Å². The fraction of sp³-hybridized carbons (Fsp3) is 0.423. The molecule has 0 aromatic heterocycles. The van der Waals surface area contributed by atoms with Crippen molar-refractivity contribution in [2.45, 2.75) is 57.8 Å². The van der Waals surface area contributed by atoms with Crippen molar-refractivity contribution in [1.29, 1.82) is 0 Å². The van der Waals surface area contributed by atoms with Crippen LogP contribution in [0.15, 0.2) is 47.5 Å². The van der Waals surface area contributed by atoms with Gasteiger partial charge in [-0.1, -0.05) is 55.2 Å². The summed E-state index contributed by atoms with van der Waals surface area (Å²) < 4.78 is 0. The smallest absolute Gasteiger partial charge is 0.272 e. The van der Waals surface area contributed by atoms with Gasteiger partial charge in [0.2, 0.25) is 6.17 Å². The average molecular weight is 516 g/mol. The second-order valence-corrected chi connectivity index (χ2v) is 11.0. The summed E-state index contributed by atoms with van der Waals surface area (Å²) >= 11 is 18.8. The number of piperidine rings is 1. The van der Waals surface area contributed by atoms with Crippen LogP contribution in [0, 0.1) is 5.41 Å². The minimum absolute atomic E-state index is 0.183. The molecule has 6 rings (SSSR count). The molecule has 3 heterocycles. The Labute approximate surface area is 216 Å². The minimum Gasteiger partial charge on any atom is -0.343 e. The van der Waals surface area contributed by atoms with Crippen LogP contribution in [0.2, 0.25) is 10.0 Å². The monoisotopic (exact) mass is 514 g/mol. The van der Waals surface area contributed by atoms with E-state index < -0.39 is 6.17 Å². The van der Waals surface area contributed by atoms with Crippen molar-refractivity contribution in [3.8, 4) is 0 Å². The molecule has 2 aromatic rings. The first-order chi connectivity index (χ1) is 16.2. The minimum atomic E-state index is -0.871. The first kappa shape index (κ1) is 23.6. The molecule has 4 unspecified atom stereocenters. The lowest BCUT2D eigenvalue weighted by atomic mass is 9.62. The number of rotatable bonds is 3. The summed E-state index contributed by atoms with van der Waals surface area (Å²) in [5, 5.41) is 5.02. The first-order valence-corrected chi connectivity index (χ1v) is 12.9. The van der Waals surface area contributed by atoms with Crippen LogP contribution in [0.25, 0.3) is 0 Å². The maximum absolute atomic E-state index is 13.6. The standard InChI is InChI=1S/C26H28Cl2N4OS/c1-4-26(2)12-11-16-14-21(26)32(16)25(34)30-23-24(33)31(3)20-10-9-15(27)13-18(20)22(29-23)17-7-5-6-8-19(17)28/h5-10,13,16,21,23H,4,11-12,14H2,1-3H3,(H,30,34). The molecule has 0 radical (unpaired) electrons. The van der Waals surface area contributed by atoms with Gasteiger partial charge in [-0.05, 0) is 67.6 Å². The summed E-state index contributed by atoms with van der Waals surface area (Å²) in [5.74, 6) is -0.183. The quantitative estimate of drug-likeness (QED) is 0.536. The lowest BCUT2D eigenvalue weighted by molar-refractivity contribution is -0.120. The van der Waals surface area contributed by atoms with Gasteiger partial charge in [0.15, 0.2) is 5.11 Å². The first-order valence-electron chi connectivity index (χ1n) is 11.7. The van der Waals surface area contributed by atoms with Gasteiger partial charge < -0.3 is 15.1 Å². The summed E-state index contributed by atoms with van der Waals surface area (Å²) in [6.07, 6.45) is 3.74. The number of amides is 1. The normalized spacial score (nSPS) is 28.0. The van der Waals surface area contributed by atoms with Crippen molar-refractivity contribution in [3.63, 3.8) is 0 Å². The van der Waals surface area contributed by atoms with Crippen molar-refractivity contribution in [1.82, 2.24) is 10.2 Å². The molecule has 5 nitrogen and oxygen atoms in total. The zero-order chi connectivity index (χ0) is 24.2. The Kier molecular flexibility index (Phi) is 6.11. The molecule has 1 N–H and O–H groups in total. The van der Waals surface area contributed by atoms with Gasteiger partial charge in [0, 0.05) is 40.3 Å². The highest BCUT2D eigenvalue weighted by molar-refractivity contribution is 7.80. The van der Waals surface area contributed by atoms with Crippen molar-refractivity contribution in [3.05, 3.63) is 63.6 Å². The predicted molar refractivity (Wildman–Crippen MR) is 143 cm³/mol. The molecule has 2 aromatic carbocycles. The molecular formula is C26H28Cl2N4OS. The van der Waals surface area contributed by atoms with E-state index in [0.29, 0.717) is 33.0 Å². The molecule has 1 aliphatic carbocycles. The van der Waals surface area contributed by atoms with Crippen LogP contribution >= 0.6 is 35.4 Å². The predicted octanol–water partition coefficient (Wildman–Crippen LogP) is 5.66. The van der Waals surface area contributed by atoms with Gasteiger partial charge in [-0.15, -0.1) is 0 Å². The highest BCUT2D eigenvalue weighted by Crippen LogP contribution is 2.51. The van der Waals surface area contributed by atoms with Gasteiger partial charge in [-0.3, -0.25) is 4.79 Å². The molecule has 0 spiro atoms. The van der Waals surface area contributed by atoms with E-state index in [1.165, 1.54) is 6.42 Å². The highest BCUT2D eigenvalue weighted by atomic mass is 35.5. The van der Waals surface area contributed by atoms with Crippen LogP contribution < -0.4 is 10.2 Å². The molecule has 3 aliphatic heterocycles. The van der Waals surface area contributed by atoms with E-state index in [1.54, 1.807) is 18.0 Å². The number of halogens is 2. The van der Waals surface area contributed by atoms with E-state index in [-0.39, 0.29) is 11.3 Å². The number of benzodiazepines with no additional fused rings is 1. The summed E-state index contributed by atoms with van der Waals surface area (Å²) in [6.45, 7) is 4.60. The maximum Gasteiger partial charge on any atom is 0.272 e. The van der Waals surface area contributed by atoms with Gasteiger partial charge in [0.1, 0.15) is 0 Å². The van der Waals surface area contributed by atoms with Crippen LogP contribution in [0.3, 0.4) is 0 Å². The van der Waals surface area contributed by atoms with E-state index in [9.17, 15) is 4.79 Å². The molecule has 4 atom stereocenters. The van der Waals surface area contributed by atoms with E-state index in [4.69, 9.17) is 40.4 Å². The second-order valence-electron chi connectivity index (χ2n) is 9.73. The number of nitrogens with zero attached hydrogens (tertiary/aromatic N) is 3. The van der Waals surface area contributed by atoms with Gasteiger partial charge >= 0.3 is 0 Å². The Balaban J connectivity index is 1.53. The summed E-state index contributed by atoms with van der Waals surface area (Å²) in [5.41, 5.74) is 3.08. The Morgan fingerprint density at radius 2 is 2.00 bits per heavy atom. The summed E-state index contributed by atoms with van der Waals surface area (Å²) in [7, 11) is 1.75. The van der Waals surface area contributed by atoms with Crippen LogP contribution in [0.1, 0.15) is 50.7 Å². The van der Waals surface area contributed by atoms with Gasteiger partial charge in [0.25, 0.3) is 5.91 Å². The number of fused-ring (bicyclic) bond motifs is 3. The number of aliphatic imine (C=N–C) groups is 1. The van der Waals surface area contributed by atoms with Crippen molar-refractivity contribution < 1.29 is 4.79 Å². The highest BCUT2D eigenvalue weighted by Gasteiger charge is 2.53. The molecule has 4 aliphatic rings. The number of carbonyl (C=O) groups excluding carboxylic acids is 1. The molecule has 3 fully saturated rings. The molecule has 2 saturated heterocycles. The SMILES string of the molecule is CCC1(C)CCC2CC1N2C(=S)NC1N=C(c2ccccc2Cl)c2cc(Cl)ccc2N(C)C1=O. The Bertz CT molecular complexity index is 1200. The fourth-order valence-corrected chi connectivity index (χ4v) is 6.35. The molecule has 34 heavy (non-hydrogen) atoms. The number of hydrogen-bond donors (Lipinski definition) is 1. The molecular weight excluding hydrogens is 487 g/mol. The number of hydrogen-bond acceptors (Lipinski definition) is 3. The largest absolute Gasteiger partial charge is 0.343 e. The molecule has 8 heteroatoms. The lowest BCUT2D eigenvalue weighted by Gasteiger charge is -2.62. The number of carbonyl (C=O) groups is 1. The summed E-state index contributed by atoms with van der Waals surface area (Å²) in [4.78, 5) is 22.4. The third-order valence-corrected chi connectivity index (χ3v) is 8.80. The van der Waals surface area contributed by atoms with E-state index in [1.807, 2.05) is 36.4 Å². The van der Waals surface area contributed by atoms with Gasteiger partial charge in [0.05, 0.1) is 11.4 Å². The fourth-order valence-electron chi connectivity index (χ4n) is 5.56. The van der Waals surface area contributed by atoms with Crippen molar-refractivity contribution in [2.24, 2.45) is 10.4 Å². The molecule has 1 saturated carbocycles. The molecule has 1 amide bonds. The number of nitrogens with one attached hydrogen (secondary N) is 1. The zero-order valence-electron chi connectivity index (χ0n) is 19.5. The average Bonchev–Trinajstić information content (AvgIpc) is 2.89. The molecule has 2 bridgehead atoms. The van der Waals surface area contributed by atoms with E-state index >= 15 is 0 Å². The summed E-state index contributed by atoms with van der Waals surface area (Å²) in [6, 6.07) is 13.8. The van der Waals surface area contributed by atoms with Crippen molar-refractivity contribution in [2.75, 3.05) is 11.9 Å². The molecule has 178 valence electrons. The zero-order valence-corrected chi connectivity index (χ0v) is 21.8.